The average molecular weight is 295 g/mol. The van der Waals surface area contributed by atoms with Crippen molar-refractivity contribution in [2.24, 2.45) is 5.92 Å². The van der Waals surface area contributed by atoms with Crippen LogP contribution in [-0.4, -0.2) is 33.0 Å². The molecule has 1 fully saturated rings. The van der Waals surface area contributed by atoms with E-state index >= 15 is 0 Å². The maximum absolute atomic E-state index is 12.4. The molecule has 0 spiro atoms. The Kier molecular flexibility index (Phi) is 3.66. The van der Waals surface area contributed by atoms with E-state index in [9.17, 15) is 23.1 Å². The van der Waals surface area contributed by atoms with Crippen LogP contribution in [-0.2, 0) is 11.0 Å². The van der Waals surface area contributed by atoms with E-state index in [0.717, 1.165) is 12.8 Å². The summed E-state index contributed by atoms with van der Waals surface area (Å²) in [6.45, 7) is 2.16. The third-order valence-electron chi connectivity index (χ3n) is 3.10. The van der Waals surface area contributed by atoms with Crippen molar-refractivity contribution in [1.82, 2.24) is 9.36 Å². The smallest absolute Gasteiger partial charge is 0.452 e. The van der Waals surface area contributed by atoms with Crippen LogP contribution in [0.5, 0.6) is 0 Å². The topological polar surface area (TPSA) is 66.3 Å². The van der Waals surface area contributed by atoms with Crippen molar-refractivity contribution in [2.75, 3.05) is 11.4 Å². The van der Waals surface area contributed by atoms with E-state index < -0.39 is 24.0 Å². The number of piperidine rings is 1. The second-order valence-corrected chi connectivity index (χ2v) is 5.22. The summed E-state index contributed by atoms with van der Waals surface area (Å²) in [5.74, 6) is -2.39. The second kappa shape index (κ2) is 4.95. The SMILES string of the molecule is CC1CCCN(c2nc(C(F)(F)F)ns2)C1C(=O)O. The third-order valence-corrected chi connectivity index (χ3v) is 3.85. The zero-order chi connectivity index (χ0) is 14.2. The molecule has 1 saturated heterocycles. The number of carboxylic acids is 1. The number of carbonyl (C=O) groups is 1. The van der Waals surface area contributed by atoms with Crippen LogP contribution >= 0.6 is 11.5 Å². The van der Waals surface area contributed by atoms with Crippen molar-refractivity contribution in [3.05, 3.63) is 5.82 Å². The van der Waals surface area contributed by atoms with Crippen LogP contribution in [0.1, 0.15) is 25.6 Å². The van der Waals surface area contributed by atoms with Crippen molar-refractivity contribution in [1.29, 1.82) is 0 Å². The molecule has 0 saturated carbocycles. The van der Waals surface area contributed by atoms with Gasteiger partial charge >= 0.3 is 12.1 Å². The molecule has 106 valence electrons. The number of alkyl halides is 3. The number of hydrogen-bond acceptors (Lipinski definition) is 5. The summed E-state index contributed by atoms with van der Waals surface area (Å²) in [6.07, 6.45) is -3.14. The minimum absolute atomic E-state index is 0.0197. The molecule has 0 amide bonds. The van der Waals surface area contributed by atoms with Crippen molar-refractivity contribution < 1.29 is 23.1 Å². The molecule has 2 heterocycles. The Morgan fingerprint density at radius 2 is 2.21 bits per heavy atom. The molecule has 9 heteroatoms. The van der Waals surface area contributed by atoms with Gasteiger partial charge in [-0.1, -0.05) is 6.92 Å². The molecule has 5 nitrogen and oxygen atoms in total. The average Bonchev–Trinajstić information content (AvgIpc) is 2.76. The van der Waals surface area contributed by atoms with Crippen LogP contribution in [0, 0.1) is 5.92 Å². The standard InChI is InChI=1S/C10H12F3N3O2S/c1-5-3-2-4-16(6(5)7(17)18)9-14-8(15-19-9)10(11,12)13/h5-6H,2-4H2,1H3,(H,17,18). The predicted octanol–water partition coefficient (Wildman–Crippen LogP) is 2.25. The first-order valence-electron chi connectivity index (χ1n) is 5.71. The highest BCUT2D eigenvalue weighted by molar-refractivity contribution is 7.09. The number of rotatable bonds is 2. The quantitative estimate of drug-likeness (QED) is 0.906. The Hall–Kier alpha value is -1.38. The summed E-state index contributed by atoms with van der Waals surface area (Å²) < 4.78 is 40.6. The monoisotopic (exact) mass is 295 g/mol. The first-order valence-corrected chi connectivity index (χ1v) is 6.48. The van der Waals surface area contributed by atoms with Crippen molar-refractivity contribution >= 4 is 22.6 Å². The van der Waals surface area contributed by atoms with Gasteiger partial charge in [-0.15, -0.1) is 0 Å². The summed E-state index contributed by atoms with van der Waals surface area (Å²) in [4.78, 5) is 16.1. The fraction of sp³-hybridized carbons (Fsp3) is 0.700. The summed E-state index contributed by atoms with van der Waals surface area (Å²) in [6, 6.07) is -0.845. The predicted molar refractivity (Wildman–Crippen MR) is 62.1 cm³/mol. The van der Waals surface area contributed by atoms with Gasteiger partial charge in [0.1, 0.15) is 6.04 Å². The first-order chi connectivity index (χ1) is 8.80. The lowest BCUT2D eigenvalue weighted by molar-refractivity contribution is -0.144. The molecule has 0 bridgehead atoms. The molecule has 2 rings (SSSR count). The third kappa shape index (κ3) is 2.80. The van der Waals surface area contributed by atoms with Crippen LogP contribution in [0.15, 0.2) is 0 Å². The fourth-order valence-corrected chi connectivity index (χ4v) is 2.98. The number of aliphatic carboxylic acids is 1. The molecule has 1 N–H and O–H groups in total. The van der Waals surface area contributed by atoms with Crippen LogP contribution < -0.4 is 4.90 Å². The highest BCUT2D eigenvalue weighted by atomic mass is 32.1. The van der Waals surface area contributed by atoms with E-state index in [4.69, 9.17) is 0 Å². The summed E-state index contributed by atoms with van der Waals surface area (Å²) in [5, 5.41) is 9.22. The van der Waals surface area contributed by atoms with E-state index in [1.807, 2.05) is 0 Å². The zero-order valence-electron chi connectivity index (χ0n) is 10.0. The van der Waals surface area contributed by atoms with Gasteiger partial charge in [0, 0.05) is 18.1 Å². The molecule has 1 aliphatic heterocycles. The highest BCUT2D eigenvalue weighted by Gasteiger charge is 2.40. The molecule has 2 unspecified atom stereocenters. The number of halogens is 3. The van der Waals surface area contributed by atoms with E-state index in [2.05, 4.69) is 9.36 Å². The molecule has 1 aromatic heterocycles. The van der Waals surface area contributed by atoms with E-state index in [1.54, 1.807) is 6.92 Å². The van der Waals surface area contributed by atoms with Gasteiger partial charge in [0.15, 0.2) is 0 Å². The lowest BCUT2D eigenvalue weighted by Gasteiger charge is -2.36. The number of aromatic nitrogens is 2. The Morgan fingerprint density at radius 1 is 1.53 bits per heavy atom. The van der Waals surface area contributed by atoms with Gasteiger partial charge in [0.05, 0.1) is 0 Å². The highest BCUT2D eigenvalue weighted by Crippen LogP contribution is 2.34. The van der Waals surface area contributed by atoms with Gasteiger partial charge in [0.2, 0.25) is 11.0 Å². The molecule has 1 aliphatic rings. The minimum atomic E-state index is -4.60. The maximum atomic E-state index is 12.4. The van der Waals surface area contributed by atoms with Crippen LogP contribution in [0.3, 0.4) is 0 Å². The molecular formula is C10H12F3N3O2S. The molecular weight excluding hydrogens is 283 g/mol. The lowest BCUT2D eigenvalue weighted by atomic mass is 9.91. The van der Waals surface area contributed by atoms with Gasteiger partial charge in [-0.25, -0.2) is 4.79 Å². The first kappa shape index (κ1) is 14.0. The largest absolute Gasteiger partial charge is 0.480 e. The van der Waals surface area contributed by atoms with Gasteiger partial charge in [-0.05, 0) is 18.8 Å². The fourth-order valence-electron chi connectivity index (χ4n) is 2.23. The molecule has 0 aromatic carbocycles. The van der Waals surface area contributed by atoms with Crippen molar-refractivity contribution in [3.63, 3.8) is 0 Å². The van der Waals surface area contributed by atoms with E-state index in [-0.39, 0.29) is 11.0 Å². The Bertz CT molecular complexity index is 477. The lowest BCUT2D eigenvalue weighted by Crippen LogP contribution is -2.49. The number of carboxylic acid groups (broad SMARTS) is 1. The molecule has 2 atom stereocenters. The number of anilines is 1. The van der Waals surface area contributed by atoms with Gasteiger partial charge in [0.25, 0.3) is 0 Å². The van der Waals surface area contributed by atoms with E-state index in [1.165, 1.54) is 4.90 Å². The number of nitrogens with zero attached hydrogens (tertiary/aromatic N) is 3. The Labute approximate surface area is 111 Å². The van der Waals surface area contributed by atoms with Crippen LogP contribution in [0.4, 0.5) is 18.3 Å². The molecule has 19 heavy (non-hydrogen) atoms. The maximum Gasteiger partial charge on any atom is 0.452 e. The minimum Gasteiger partial charge on any atom is -0.480 e. The normalized spacial score (nSPS) is 24.5. The molecule has 0 radical (unpaired) electrons. The number of hydrogen-bond donors (Lipinski definition) is 1. The summed E-state index contributed by atoms with van der Waals surface area (Å²) in [5.41, 5.74) is 0. The Balaban J connectivity index is 2.28. The van der Waals surface area contributed by atoms with Crippen LogP contribution in [0.2, 0.25) is 0 Å². The van der Waals surface area contributed by atoms with E-state index in [0.29, 0.717) is 18.1 Å². The summed E-state index contributed by atoms with van der Waals surface area (Å²) >= 11 is 0.588. The second-order valence-electron chi connectivity index (χ2n) is 4.49. The van der Waals surface area contributed by atoms with Crippen molar-refractivity contribution in [2.45, 2.75) is 32.0 Å². The Morgan fingerprint density at radius 3 is 2.74 bits per heavy atom. The summed E-state index contributed by atoms with van der Waals surface area (Å²) in [7, 11) is 0. The van der Waals surface area contributed by atoms with Crippen LogP contribution in [0.25, 0.3) is 0 Å². The zero-order valence-corrected chi connectivity index (χ0v) is 10.8. The van der Waals surface area contributed by atoms with Gasteiger partial charge in [-0.2, -0.15) is 22.5 Å². The van der Waals surface area contributed by atoms with Gasteiger partial charge in [-0.3, -0.25) is 0 Å². The molecule has 1 aromatic rings. The van der Waals surface area contributed by atoms with Crippen molar-refractivity contribution in [3.8, 4) is 0 Å². The molecule has 0 aliphatic carbocycles. The van der Waals surface area contributed by atoms with Gasteiger partial charge < -0.3 is 10.0 Å².